The van der Waals surface area contributed by atoms with Crippen molar-refractivity contribution >= 4 is 33.5 Å². The zero-order valence-corrected chi connectivity index (χ0v) is 13.1. The average molecular weight is 353 g/mol. The van der Waals surface area contributed by atoms with Crippen LogP contribution in [0, 0.1) is 0 Å². The van der Waals surface area contributed by atoms with E-state index in [9.17, 15) is 0 Å². The van der Waals surface area contributed by atoms with Gasteiger partial charge >= 0.3 is 0 Å². The van der Waals surface area contributed by atoms with E-state index < -0.39 is 0 Å². The summed E-state index contributed by atoms with van der Waals surface area (Å²) in [6, 6.07) is 13.0. The maximum Gasteiger partial charge on any atom is 0.175 e. The standard InChI is InChI=1S/C14H13BrN2O2S/c1-20-12-7-3-6-11(13(12)14(16)17-18)19-10-5-2-4-9(15)8-10/h2-8,18H,1H3,(H2,16,17). The Hall–Kier alpha value is -1.66. The third kappa shape index (κ3) is 3.26. The highest BCUT2D eigenvalue weighted by Gasteiger charge is 2.14. The first-order valence-corrected chi connectivity index (χ1v) is 7.76. The quantitative estimate of drug-likeness (QED) is 0.286. The summed E-state index contributed by atoms with van der Waals surface area (Å²) in [6.07, 6.45) is 1.92. The highest BCUT2D eigenvalue weighted by Crippen LogP contribution is 2.32. The van der Waals surface area contributed by atoms with Gasteiger partial charge in [-0.25, -0.2) is 0 Å². The summed E-state index contributed by atoms with van der Waals surface area (Å²) >= 11 is 4.90. The zero-order valence-electron chi connectivity index (χ0n) is 10.7. The Morgan fingerprint density at radius 2 is 2.05 bits per heavy atom. The molecule has 4 nitrogen and oxygen atoms in total. The molecule has 20 heavy (non-hydrogen) atoms. The molecule has 0 saturated heterocycles. The fourth-order valence-electron chi connectivity index (χ4n) is 1.73. The molecule has 0 aliphatic heterocycles. The van der Waals surface area contributed by atoms with Gasteiger partial charge in [-0.3, -0.25) is 0 Å². The van der Waals surface area contributed by atoms with Crippen LogP contribution < -0.4 is 10.5 Å². The van der Waals surface area contributed by atoms with Crippen molar-refractivity contribution in [2.45, 2.75) is 4.90 Å². The minimum Gasteiger partial charge on any atom is -0.457 e. The highest BCUT2D eigenvalue weighted by molar-refractivity contribution is 9.10. The van der Waals surface area contributed by atoms with Crippen LogP contribution in [-0.4, -0.2) is 17.3 Å². The van der Waals surface area contributed by atoms with Crippen LogP contribution in [0.4, 0.5) is 0 Å². The fraction of sp³-hybridized carbons (Fsp3) is 0.0714. The van der Waals surface area contributed by atoms with E-state index in [4.69, 9.17) is 15.7 Å². The molecule has 6 heteroatoms. The lowest BCUT2D eigenvalue weighted by Crippen LogP contribution is -2.15. The number of rotatable bonds is 4. The van der Waals surface area contributed by atoms with Crippen molar-refractivity contribution in [2.75, 3.05) is 6.26 Å². The van der Waals surface area contributed by atoms with Gasteiger partial charge in [0.05, 0.1) is 5.56 Å². The highest BCUT2D eigenvalue weighted by atomic mass is 79.9. The van der Waals surface area contributed by atoms with Gasteiger partial charge in [0.25, 0.3) is 0 Å². The zero-order chi connectivity index (χ0) is 14.5. The summed E-state index contributed by atoms with van der Waals surface area (Å²) in [4.78, 5) is 0.882. The molecule has 0 heterocycles. The molecule has 104 valence electrons. The predicted octanol–water partition coefficient (Wildman–Crippen LogP) is 4.06. The largest absolute Gasteiger partial charge is 0.457 e. The Morgan fingerprint density at radius 3 is 2.70 bits per heavy atom. The summed E-state index contributed by atoms with van der Waals surface area (Å²) in [6.45, 7) is 0. The van der Waals surface area contributed by atoms with E-state index >= 15 is 0 Å². The summed E-state index contributed by atoms with van der Waals surface area (Å²) in [5, 5.41) is 12.0. The molecule has 2 rings (SSSR count). The maximum atomic E-state index is 8.93. The molecule has 2 aromatic rings. The third-order valence-electron chi connectivity index (χ3n) is 2.60. The Kier molecular flexibility index (Phi) is 4.92. The van der Waals surface area contributed by atoms with Gasteiger partial charge in [-0.05, 0) is 36.6 Å². The van der Waals surface area contributed by atoms with Gasteiger partial charge in [-0.1, -0.05) is 33.2 Å². The van der Waals surface area contributed by atoms with Gasteiger partial charge in [-0.2, -0.15) is 0 Å². The van der Waals surface area contributed by atoms with Gasteiger partial charge in [0.2, 0.25) is 0 Å². The molecule has 0 fully saturated rings. The van der Waals surface area contributed by atoms with E-state index in [1.54, 1.807) is 6.07 Å². The molecule has 0 spiro atoms. The smallest absolute Gasteiger partial charge is 0.175 e. The minimum absolute atomic E-state index is 0.0277. The predicted molar refractivity (Wildman–Crippen MR) is 84.9 cm³/mol. The number of hydrogen-bond donors (Lipinski definition) is 2. The molecule has 0 aliphatic rings. The summed E-state index contributed by atoms with van der Waals surface area (Å²) in [5.74, 6) is 1.25. The van der Waals surface area contributed by atoms with Gasteiger partial charge in [-0.15, -0.1) is 11.8 Å². The first-order valence-electron chi connectivity index (χ1n) is 5.74. The third-order valence-corrected chi connectivity index (χ3v) is 3.87. The molecule has 0 aromatic heterocycles. The summed E-state index contributed by atoms with van der Waals surface area (Å²) < 4.78 is 6.76. The van der Waals surface area contributed by atoms with E-state index in [0.29, 0.717) is 17.1 Å². The molecule has 0 aliphatic carbocycles. The van der Waals surface area contributed by atoms with Gasteiger partial charge in [0.15, 0.2) is 5.84 Å². The number of nitrogens with two attached hydrogens (primary N) is 1. The van der Waals surface area contributed by atoms with Crippen molar-refractivity contribution in [1.82, 2.24) is 0 Å². The lowest BCUT2D eigenvalue weighted by molar-refractivity contribution is 0.318. The van der Waals surface area contributed by atoms with Crippen molar-refractivity contribution < 1.29 is 9.94 Å². The Bertz CT molecular complexity index is 647. The molecule has 3 N–H and O–H groups in total. The molecule has 2 aromatic carbocycles. The van der Waals surface area contributed by atoms with Crippen molar-refractivity contribution in [1.29, 1.82) is 0 Å². The van der Waals surface area contributed by atoms with Crippen LogP contribution in [-0.2, 0) is 0 Å². The van der Waals surface area contributed by atoms with Crippen LogP contribution in [0.2, 0.25) is 0 Å². The van der Waals surface area contributed by atoms with Crippen LogP contribution in [0.15, 0.2) is 57.0 Å². The molecule has 0 amide bonds. The summed E-state index contributed by atoms with van der Waals surface area (Å²) in [7, 11) is 0. The van der Waals surface area contributed by atoms with E-state index in [0.717, 1.165) is 9.37 Å². The monoisotopic (exact) mass is 352 g/mol. The van der Waals surface area contributed by atoms with Crippen molar-refractivity contribution in [3.8, 4) is 11.5 Å². The number of hydrogen-bond acceptors (Lipinski definition) is 4. The van der Waals surface area contributed by atoms with Gasteiger partial charge in [0.1, 0.15) is 11.5 Å². The molecular weight excluding hydrogens is 340 g/mol. The lowest BCUT2D eigenvalue weighted by Gasteiger charge is -2.13. The van der Waals surface area contributed by atoms with E-state index in [1.807, 2.05) is 42.7 Å². The second-order valence-corrected chi connectivity index (χ2v) is 5.64. The number of nitrogens with zero attached hydrogens (tertiary/aromatic N) is 1. The van der Waals surface area contributed by atoms with E-state index in [-0.39, 0.29) is 5.84 Å². The Labute approximate surface area is 129 Å². The molecule has 0 saturated carbocycles. The second kappa shape index (κ2) is 6.67. The van der Waals surface area contributed by atoms with E-state index in [2.05, 4.69) is 21.1 Å². The number of halogens is 1. The van der Waals surface area contributed by atoms with Gasteiger partial charge in [0, 0.05) is 9.37 Å². The van der Waals surface area contributed by atoms with Crippen LogP contribution >= 0.6 is 27.7 Å². The molecular formula is C14H13BrN2O2S. The maximum absolute atomic E-state index is 8.93. The fourth-order valence-corrected chi connectivity index (χ4v) is 2.73. The first-order chi connectivity index (χ1) is 9.65. The molecule has 0 unspecified atom stereocenters. The number of thioether (sulfide) groups is 1. The Balaban J connectivity index is 2.46. The number of amidine groups is 1. The van der Waals surface area contributed by atoms with Crippen LogP contribution in [0.1, 0.15) is 5.56 Å². The van der Waals surface area contributed by atoms with Crippen molar-refractivity contribution in [2.24, 2.45) is 10.9 Å². The second-order valence-electron chi connectivity index (χ2n) is 3.88. The normalized spacial score (nSPS) is 11.4. The molecule has 0 radical (unpaired) electrons. The molecule has 0 bridgehead atoms. The van der Waals surface area contributed by atoms with Crippen molar-refractivity contribution in [3.63, 3.8) is 0 Å². The minimum atomic E-state index is 0.0277. The van der Waals surface area contributed by atoms with Crippen LogP contribution in [0.3, 0.4) is 0 Å². The first kappa shape index (κ1) is 14.7. The number of oxime groups is 1. The van der Waals surface area contributed by atoms with Crippen LogP contribution in [0.5, 0.6) is 11.5 Å². The SMILES string of the molecule is CSc1cccc(Oc2cccc(Br)c2)c1/C(N)=N/O. The van der Waals surface area contributed by atoms with Crippen LogP contribution in [0.25, 0.3) is 0 Å². The van der Waals surface area contributed by atoms with E-state index in [1.165, 1.54) is 11.8 Å². The van der Waals surface area contributed by atoms with Crippen molar-refractivity contribution in [3.05, 3.63) is 52.5 Å². The number of benzene rings is 2. The number of ether oxygens (including phenoxy) is 1. The Morgan fingerprint density at radius 1 is 1.30 bits per heavy atom. The molecule has 0 atom stereocenters. The lowest BCUT2D eigenvalue weighted by atomic mass is 10.2. The van der Waals surface area contributed by atoms with Gasteiger partial charge < -0.3 is 15.7 Å². The summed E-state index contributed by atoms with van der Waals surface area (Å²) in [5.41, 5.74) is 6.34. The topological polar surface area (TPSA) is 67.8 Å². The average Bonchev–Trinajstić information content (AvgIpc) is 2.46.